The van der Waals surface area contributed by atoms with E-state index in [2.05, 4.69) is 15.2 Å². The molecule has 0 atom stereocenters. The molecule has 3 heterocycles. The Bertz CT molecular complexity index is 1690. The first-order chi connectivity index (χ1) is 19.3. The van der Waals surface area contributed by atoms with Gasteiger partial charge in [-0.15, -0.1) is 0 Å². The molecule has 4 aromatic rings. The van der Waals surface area contributed by atoms with Gasteiger partial charge in [-0.3, -0.25) is 14.9 Å². The van der Waals surface area contributed by atoms with E-state index in [1.54, 1.807) is 4.57 Å². The monoisotopic (exact) mass is 576 g/mol. The number of rotatable bonds is 8. The number of aromatic amines is 1. The van der Waals surface area contributed by atoms with Gasteiger partial charge in [0.2, 0.25) is 0 Å². The Hall–Kier alpha value is -4.06. The van der Waals surface area contributed by atoms with E-state index in [0.717, 1.165) is 43.9 Å². The van der Waals surface area contributed by atoms with Crippen LogP contribution in [-0.2, 0) is 28.5 Å². The third kappa shape index (κ3) is 5.23. The van der Waals surface area contributed by atoms with E-state index in [-0.39, 0.29) is 33.0 Å². The van der Waals surface area contributed by atoms with E-state index in [0.29, 0.717) is 24.0 Å². The number of benzene rings is 2. The molecule has 2 N–H and O–H groups in total. The molecule has 0 aliphatic carbocycles. The molecule has 1 aliphatic heterocycles. The number of alkyl halides is 6. The first kappa shape index (κ1) is 28.5. The van der Waals surface area contributed by atoms with Crippen LogP contribution < -0.4 is 5.32 Å². The van der Waals surface area contributed by atoms with Crippen molar-refractivity contribution < 1.29 is 35.9 Å². The Balaban J connectivity index is 1.71. The minimum Gasteiger partial charge on any atom is -0.361 e. The van der Waals surface area contributed by atoms with E-state index >= 15 is 0 Å². The van der Waals surface area contributed by atoms with Crippen LogP contribution in [0.15, 0.2) is 48.8 Å². The lowest BCUT2D eigenvalue weighted by Gasteiger charge is -2.18. The molecular weight excluding hydrogens is 550 g/mol. The molecule has 2 amide bonds. The molecule has 0 saturated carbocycles. The summed E-state index contributed by atoms with van der Waals surface area (Å²) in [5.74, 6) is -1.69. The van der Waals surface area contributed by atoms with Gasteiger partial charge in [-0.1, -0.05) is 13.8 Å². The third-order valence-electron chi connectivity index (χ3n) is 7.46. The zero-order valence-corrected chi connectivity index (χ0v) is 22.1. The molecule has 0 radical (unpaired) electrons. The zero-order chi connectivity index (χ0) is 29.7. The largest absolute Gasteiger partial charge is 0.416 e. The summed E-state index contributed by atoms with van der Waals surface area (Å²) >= 11 is 0. The highest BCUT2D eigenvalue weighted by molar-refractivity contribution is 6.50. The van der Waals surface area contributed by atoms with Gasteiger partial charge < -0.3 is 14.5 Å². The van der Waals surface area contributed by atoms with Gasteiger partial charge in [-0.2, -0.15) is 26.3 Å². The number of nitrogens with one attached hydrogen (secondary N) is 2. The standard InChI is InChI=1S/C29H26F6N4O2/c1-3-38(4-2)10-5-11-39-15-21(19-13-17(29(33,34)35)7-9-23(19)39)25-24(26(40)37-27(25)41)20-14-36-22-8-6-16(12-18(20)22)28(30,31)32/h6-9,12-15,36H,3-5,10-11H2,1-2H3,(H,37,40,41). The molecule has 5 rings (SSSR count). The highest BCUT2D eigenvalue weighted by Crippen LogP contribution is 2.41. The van der Waals surface area contributed by atoms with Crippen LogP contribution in [0.4, 0.5) is 26.3 Å². The maximum atomic E-state index is 13.7. The summed E-state index contributed by atoms with van der Waals surface area (Å²) in [6, 6.07) is 6.20. The summed E-state index contributed by atoms with van der Waals surface area (Å²) in [5.41, 5.74) is -1.42. The minimum absolute atomic E-state index is 0.0406. The Morgan fingerprint density at radius 2 is 1.39 bits per heavy atom. The lowest BCUT2D eigenvalue weighted by atomic mass is 9.94. The third-order valence-corrected chi connectivity index (χ3v) is 7.46. The normalized spacial score (nSPS) is 14.8. The number of imide groups is 1. The molecule has 0 fully saturated rings. The quantitative estimate of drug-likeness (QED) is 0.187. The molecule has 6 nitrogen and oxygen atoms in total. The maximum Gasteiger partial charge on any atom is 0.416 e. The number of amides is 2. The number of fused-ring (bicyclic) bond motifs is 2. The zero-order valence-electron chi connectivity index (χ0n) is 22.1. The number of aryl methyl sites for hydroxylation is 1. The predicted molar refractivity (Wildman–Crippen MR) is 143 cm³/mol. The fraction of sp³-hybridized carbons (Fsp3) is 0.310. The summed E-state index contributed by atoms with van der Waals surface area (Å²) in [5, 5.41) is 2.34. The molecular formula is C29H26F6N4O2. The smallest absolute Gasteiger partial charge is 0.361 e. The van der Waals surface area contributed by atoms with Gasteiger partial charge in [-0.05, 0) is 62.5 Å². The van der Waals surface area contributed by atoms with Crippen molar-refractivity contribution >= 4 is 44.8 Å². The van der Waals surface area contributed by atoms with Crippen molar-refractivity contribution in [3.63, 3.8) is 0 Å². The molecule has 0 unspecified atom stereocenters. The maximum absolute atomic E-state index is 13.7. The van der Waals surface area contributed by atoms with Crippen molar-refractivity contribution in [2.45, 2.75) is 39.2 Å². The average molecular weight is 577 g/mol. The van der Waals surface area contributed by atoms with Crippen LogP contribution in [0.5, 0.6) is 0 Å². The first-order valence-corrected chi connectivity index (χ1v) is 13.0. The summed E-state index contributed by atoms with van der Waals surface area (Å²) in [4.78, 5) is 31.2. The SMILES string of the molecule is CCN(CC)CCCn1cc(C2=C(c3c[nH]c4ccc(C(F)(F)F)cc34)C(=O)NC2=O)c2cc(C(F)(F)F)ccc21. The van der Waals surface area contributed by atoms with Gasteiger partial charge in [0.15, 0.2) is 0 Å². The first-order valence-electron chi connectivity index (χ1n) is 13.0. The molecule has 2 aromatic carbocycles. The average Bonchev–Trinajstić information content (AvgIpc) is 3.57. The number of nitrogens with zero attached hydrogens (tertiary/aromatic N) is 2. The van der Waals surface area contributed by atoms with Gasteiger partial charge in [0.1, 0.15) is 0 Å². The van der Waals surface area contributed by atoms with Crippen LogP contribution in [0.3, 0.4) is 0 Å². The number of carbonyl (C=O) groups is 2. The van der Waals surface area contributed by atoms with Crippen LogP contribution in [0, 0.1) is 0 Å². The predicted octanol–water partition coefficient (Wildman–Crippen LogP) is 6.46. The second-order valence-electron chi connectivity index (χ2n) is 9.84. The van der Waals surface area contributed by atoms with Crippen LogP contribution in [0.1, 0.15) is 42.5 Å². The van der Waals surface area contributed by atoms with Gasteiger partial charge in [0, 0.05) is 51.9 Å². The van der Waals surface area contributed by atoms with E-state index in [9.17, 15) is 35.9 Å². The van der Waals surface area contributed by atoms with Crippen molar-refractivity contribution in [3.8, 4) is 0 Å². The highest BCUT2D eigenvalue weighted by Gasteiger charge is 2.37. The molecule has 0 bridgehead atoms. The van der Waals surface area contributed by atoms with Gasteiger partial charge in [-0.25, -0.2) is 0 Å². The number of hydrogen-bond acceptors (Lipinski definition) is 3. The topological polar surface area (TPSA) is 70.1 Å². The molecule has 2 aromatic heterocycles. The van der Waals surface area contributed by atoms with Crippen molar-refractivity contribution in [2.24, 2.45) is 0 Å². The van der Waals surface area contributed by atoms with Crippen molar-refractivity contribution in [1.29, 1.82) is 0 Å². The summed E-state index contributed by atoms with van der Waals surface area (Å²) in [6.07, 6.45) is -5.78. The van der Waals surface area contributed by atoms with Crippen LogP contribution >= 0.6 is 0 Å². The Kier molecular flexibility index (Phi) is 7.22. The van der Waals surface area contributed by atoms with Crippen molar-refractivity contribution in [3.05, 3.63) is 71.0 Å². The van der Waals surface area contributed by atoms with Crippen LogP contribution in [0.25, 0.3) is 33.0 Å². The fourth-order valence-corrected chi connectivity index (χ4v) is 5.34. The summed E-state index contributed by atoms with van der Waals surface area (Å²) < 4.78 is 83.2. The van der Waals surface area contributed by atoms with Gasteiger partial charge in [0.05, 0.1) is 22.3 Å². The Morgan fingerprint density at radius 1 is 0.805 bits per heavy atom. The number of H-pyrrole nitrogens is 1. The van der Waals surface area contributed by atoms with Crippen LogP contribution in [-0.4, -0.2) is 45.9 Å². The second-order valence-corrected chi connectivity index (χ2v) is 9.84. The van der Waals surface area contributed by atoms with Gasteiger partial charge in [0.25, 0.3) is 11.8 Å². The number of carbonyl (C=O) groups excluding carboxylic acids is 2. The highest BCUT2D eigenvalue weighted by atomic mass is 19.4. The molecule has 0 spiro atoms. The molecule has 216 valence electrons. The number of hydrogen-bond donors (Lipinski definition) is 2. The molecule has 1 aliphatic rings. The Labute approximate surface area is 230 Å². The Morgan fingerprint density at radius 3 is 2.00 bits per heavy atom. The summed E-state index contributed by atoms with van der Waals surface area (Å²) in [6.45, 7) is 6.89. The van der Waals surface area contributed by atoms with Crippen molar-refractivity contribution in [1.82, 2.24) is 19.8 Å². The second kappa shape index (κ2) is 10.4. The van der Waals surface area contributed by atoms with E-state index < -0.39 is 35.3 Å². The molecule has 0 saturated heterocycles. The fourth-order valence-electron chi connectivity index (χ4n) is 5.34. The lowest BCUT2D eigenvalue weighted by molar-refractivity contribution is -0.138. The van der Waals surface area contributed by atoms with Crippen molar-refractivity contribution in [2.75, 3.05) is 19.6 Å². The number of aromatic nitrogens is 2. The van der Waals surface area contributed by atoms with E-state index in [1.165, 1.54) is 24.5 Å². The number of halogens is 6. The van der Waals surface area contributed by atoms with Gasteiger partial charge >= 0.3 is 12.4 Å². The lowest BCUT2D eigenvalue weighted by Crippen LogP contribution is -2.24. The van der Waals surface area contributed by atoms with E-state index in [4.69, 9.17) is 0 Å². The van der Waals surface area contributed by atoms with Crippen LogP contribution in [0.2, 0.25) is 0 Å². The van der Waals surface area contributed by atoms with E-state index in [1.807, 2.05) is 13.8 Å². The molecule has 41 heavy (non-hydrogen) atoms. The minimum atomic E-state index is -4.66. The molecule has 12 heteroatoms. The summed E-state index contributed by atoms with van der Waals surface area (Å²) in [7, 11) is 0.